The second-order valence-electron chi connectivity index (χ2n) is 6.80. The molecule has 2 aromatic carbocycles. The summed E-state index contributed by atoms with van der Waals surface area (Å²) in [5, 5.41) is 3.20. The van der Waals surface area contributed by atoms with Gasteiger partial charge >= 0.3 is 5.97 Å². The maximum atomic E-state index is 13.4. The number of rotatable bonds is 5. The summed E-state index contributed by atoms with van der Waals surface area (Å²) in [6.07, 6.45) is 1.60. The summed E-state index contributed by atoms with van der Waals surface area (Å²) in [6, 6.07) is 10.0. The molecule has 0 saturated heterocycles. The van der Waals surface area contributed by atoms with E-state index in [0.717, 1.165) is 0 Å². The van der Waals surface area contributed by atoms with Crippen molar-refractivity contribution in [3.63, 3.8) is 0 Å². The molecule has 0 spiro atoms. The van der Waals surface area contributed by atoms with E-state index in [0.29, 0.717) is 17.9 Å². The number of esters is 1. The van der Waals surface area contributed by atoms with Gasteiger partial charge in [0.05, 0.1) is 28.3 Å². The van der Waals surface area contributed by atoms with Gasteiger partial charge in [0.2, 0.25) is 5.91 Å². The van der Waals surface area contributed by atoms with Gasteiger partial charge in [-0.25, -0.2) is 13.2 Å². The molecule has 0 aromatic heterocycles. The lowest BCUT2D eigenvalue weighted by Gasteiger charge is -2.28. The number of carbonyl (C=O) groups is 2. The molecule has 1 fully saturated rings. The molecular formula is C20H19Cl2NO5S. The fourth-order valence-corrected chi connectivity index (χ4v) is 5.86. The van der Waals surface area contributed by atoms with Crippen molar-refractivity contribution in [1.29, 1.82) is 0 Å². The van der Waals surface area contributed by atoms with E-state index in [1.54, 1.807) is 0 Å². The number of halogens is 2. The standard InChI is InChI=1S/C20H19Cl2NO5S/c1-28-18(24)13-4-9-16(22)17(12-13)23-19(25)20(10-2-3-11-20)29(26,27)15-7-5-14(21)6-8-15/h4-9,12H,2-3,10-11H2,1H3,(H,23,25). The summed E-state index contributed by atoms with van der Waals surface area (Å²) in [6.45, 7) is 0. The van der Waals surface area contributed by atoms with Crippen LogP contribution in [0.3, 0.4) is 0 Å². The van der Waals surface area contributed by atoms with Crippen LogP contribution in [0.2, 0.25) is 10.0 Å². The zero-order chi connectivity index (χ0) is 21.2. The Kier molecular flexibility index (Phi) is 6.22. The molecule has 0 unspecified atom stereocenters. The number of hydrogen-bond donors (Lipinski definition) is 1. The topological polar surface area (TPSA) is 89.5 Å². The van der Waals surface area contributed by atoms with E-state index < -0.39 is 26.5 Å². The highest BCUT2D eigenvalue weighted by Crippen LogP contribution is 2.42. The Morgan fingerprint density at radius 1 is 1.03 bits per heavy atom. The van der Waals surface area contributed by atoms with Crippen LogP contribution in [-0.4, -0.2) is 32.2 Å². The summed E-state index contributed by atoms with van der Waals surface area (Å²) in [7, 11) is -2.75. The van der Waals surface area contributed by atoms with E-state index in [9.17, 15) is 18.0 Å². The van der Waals surface area contributed by atoms with Crippen molar-refractivity contribution in [1.82, 2.24) is 0 Å². The Morgan fingerprint density at radius 3 is 2.24 bits per heavy atom. The van der Waals surface area contributed by atoms with Gasteiger partial charge in [-0.3, -0.25) is 4.79 Å². The molecule has 1 amide bonds. The first kappa shape index (κ1) is 21.6. The Labute approximate surface area is 179 Å². The van der Waals surface area contributed by atoms with Gasteiger partial charge in [-0.1, -0.05) is 36.0 Å². The van der Waals surface area contributed by atoms with E-state index in [1.807, 2.05) is 0 Å². The molecule has 0 aliphatic heterocycles. The summed E-state index contributed by atoms with van der Waals surface area (Å²) < 4.78 is 29.8. The number of carbonyl (C=O) groups excluding carboxylic acids is 2. The van der Waals surface area contributed by atoms with Crippen molar-refractivity contribution in [2.45, 2.75) is 35.3 Å². The third kappa shape index (κ3) is 3.99. The molecule has 1 saturated carbocycles. The van der Waals surface area contributed by atoms with Crippen molar-refractivity contribution in [3.8, 4) is 0 Å². The molecule has 6 nitrogen and oxygen atoms in total. The van der Waals surface area contributed by atoms with Gasteiger partial charge in [-0.2, -0.15) is 0 Å². The minimum Gasteiger partial charge on any atom is -0.465 e. The zero-order valence-electron chi connectivity index (χ0n) is 15.6. The molecule has 3 rings (SSSR count). The lowest BCUT2D eigenvalue weighted by Crippen LogP contribution is -2.47. The number of sulfone groups is 1. The SMILES string of the molecule is COC(=O)c1ccc(Cl)c(NC(=O)C2(S(=O)(=O)c3ccc(Cl)cc3)CCCC2)c1. The summed E-state index contributed by atoms with van der Waals surface area (Å²) in [4.78, 5) is 25.0. The average Bonchev–Trinajstić information content (AvgIpc) is 3.21. The largest absolute Gasteiger partial charge is 0.465 e. The predicted octanol–water partition coefficient (Wildman–Crippen LogP) is 4.51. The van der Waals surface area contributed by atoms with Gasteiger partial charge < -0.3 is 10.1 Å². The van der Waals surface area contributed by atoms with Crippen LogP contribution in [0.25, 0.3) is 0 Å². The number of benzene rings is 2. The van der Waals surface area contributed by atoms with E-state index in [4.69, 9.17) is 23.2 Å². The molecule has 0 atom stereocenters. The van der Waals surface area contributed by atoms with E-state index in [-0.39, 0.29) is 34.0 Å². The van der Waals surface area contributed by atoms with Crippen molar-refractivity contribution in [2.24, 2.45) is 0 Å². The highest BCUT2D eigenvalue weighted by molar-refractivity contribution is 7.93. The molecule has 0 radical (unpaired) electrons. The summed E-state index contributed by atoms with van der Waals surface area (Å²) in [5.74, 6) is -1.27. The normalized spacial score (nSPS) is 15.7. The van der Waals surface area contributed by atoms with Crippen LogP contribution in [0.15, 0.2) is 47.4 Å². The minimum atomic E-state index is -3.99. The molecule has 154 valence electrons. The number of anilines is 1. The Morgan fingerprint density at radius 2 is 1.66 bits per heavy atom. The van der Waals surface area contributed by atoms with Crippen molar-refractivity contribution in [2.75, 3.05) is 12.4 Å². The van der Waals surface area contributed by atoms with Crippen LogP contribution in [0.5, 0.6) is 0 Å². The monoisotopic (exact) mass is 455 g/mol. The van der Waals surface area contributed by atoms with Crippen LogP contribution < -0.4 is 5.32 Å². The van der Waals surface area contributed by atoms with Crippen molar-refractivity contribution < 1.29 is 22.7 Å². The lowest BCUT2D eigenvalue weighted by atomic mass is 10.1. The van der Waals surface area contributed by atoms with Crippen molar-refractivity contribution >= 4 is 50.6 Å². The smallest absolute Gasteiger partial charge is 0.337 e. The summed E-state index contributed by atoms with van der Waals surface area (Å²) >= 11 is 12.0. The first-order valence-electron chi connectivity index (χ1n) is 8.91. The zero-order valence-corrected chi connectivity index (χ0v) is 17.9. The van der Waals surface area contributed by atoms with E-state index in [2.05, 4.69) is 10.1 Å². The second kappa shape index (κ2) is 8.34. The molecule has 1 N–H and O–H groups in total. The number of nitrogens with one attached hydrogen (secondary N) is 1. The number of hydrogen-bond acceptors (Lipinski definition) is 5. The highest BCUT2D eigenvalue weighted by Gasteiger charge is 2.53. The Bertz CT molecular complexity index is 1050. The van der Waals surface area contributed by atoms with Gasteiger partial charge in [0.15, 0.2) is 14.6 Å². The molecule has 0 heterocycles. The number of amides is 1. The van der Waals surface area contributed by atoms with Crippen LogP contribution >= 0.6 is 23.2 Å². The van der Waals surface area contributed by atoms with Gasteiger partial charge in [-0.15, -0.1) is 0 Å². The average molecular weight is 456 g/mol. The maximum Gasteiger partial charge on any atom is 0.337 e. The first-order valence-corrected chi connectivity index (χ1v) is 11.1. The quantitative estimate of drug-likeness (QED) is 0.669. The molecule has 29 heavy (non-hydrogen) atoms. The highest BCUT2D eigenvalue weighted by atomic mass is 35.5. The van der Waals surface area contributed by atoms with E-state index in [1.165, 1.54) is 49.6 Å². The number of ether oxygens (including phenoxy) is 1. The lowest BCUT2D eigenvalue weighted by molar-refractivity contribution is -0.118. The van der Waals surface area contributed by atoms with Gasteiger partial charge in [-0.05, 0) is 55.3 Å². The number of methoxy groups -OCH3 is 1. The third-order valence-electron chi connectivity index (χ3n) is 5.10. The van der Waals surface area contributed by atoms with Crippen molar-refractivity contribution in [3.05, 3.63) is 58.1 Å². The third-order valence-corrected chi connectivity index (χ3v) is 8.20. The molecule has 1 aliphatic rings. The van der Waals surface area contributed by atoms with Crippen LogP contribution in [0.4, 0.5) is 5.69 Å². The van der Waals surface area contributed by atoms with Crippen LogP contribution in [-0.2, 0) is 19.4 Å². The molecule has 2 aromatic rings. The first-order chi connectivity index (χ1) is 13.7. The van der Waals surface area contributed by atoms with Gasteiger partial charge in [0.25, 0.3) is 0 Å². The van der Waals surface area contributed by atoms with Crippen LogP contribution in [0, 0.1) is 0 Å². The van der Waals surface area contributed by atoms with Gasteiger partial charge in [0, 0.05) is 5.02 Å². The Hall–Kier alpha value is -2.09. The summed E-state index contributed by atoms with van der Waals surface area (Å²) in [5.41, 5.74) is 0.338. The predicted molar refractivity (Wildman–Crippen MR) is 111 cm³/mol. The second-order valence-corrected chi connectivity index (χ2v) is 9.90. The van der Waals surface area contributed by atoms with Crippen LogP contribution in [0.1, 0.15) is 36.0 Å². The fraction of sp³-hybridized carbons (Fsp3) is 0.300. The minimum absolute atomic E-state index is 0.0355. The van der Waals surface area contributed by atoms with Gasteiger partial charge in [0.1, 0.15) is 0 Å². The molecule has 9 heteroatoms. The van der Waals surface area contributed by atoms with E-state index >= 15 is 0 Å². The fourth-order valence-electron chi connectivity index (χ4n) is 3.51. The molecular weight excluding hydrogens is 437 g/mol. The molecule has 1 aliphatic carbocycles. The maximum absolute atomic E-state index is 13.4. The molecule has 0 bridgehead atoms. The Balaban J connectivity index is 1.99.